The van der Waals surface area contributed by atoms with Crippen molar-refractivity contribution in [2.45, 2.75) is 6.42 Å². The van der Waals surface area contributed by atoms with Crippen LogP contribution in [0.5, 0.6) is 0 Å². The zero-order valence-electron chi connectivity index (χ0n) is 9.15. The summed E-state index contributed by atoms with van der Waals surface area (Å²) in [6, 6.07) is 6.63. The van der Waals surface area contributed by atoms with E-state index in [9.17, 15) is 4.39 Å². The first-order valence-corrected chi connectivity index (χ1v) is 5.19. The molecule has 0 bridgehead atoms. The van der Waals surface area contributed by atoms with Gasteiger partial charge >= 0.3 is 0 Å². The van der Waals surface area contributed by atoms with Crippen LogP contribution in [-0.2, 0) is 13.5 Å². The van der Waals surface area contributed by atoms with Gasteiger partial charge in [0, 0.05) is 19.7 Å². The molecule has 1 aromatic carbocycles. The Labute approximate surface area is 93.7 Å². The molecule has 84 valence electrons. The summed E-state index contributed by atoms with van der Waals surface area (Å²) in [7, 11) is 1.86. The lowest BCUT2D eigenvalue weighted by Crippen LogP contribution is -2.02. The maximum absolute atomic E-state index is 13.6. The van der Waals surface area contributed by atoms with Gasteiger partial charge in [0.05, 0.1) is 11.3 Å². The summed E-state index contributed by atoms with van der Waals surface area (Å²) in [5, 5.41) is 0. The predicted octanol–water partition coefficient (Wildman–Crippen LogP) is 1.73. The molecule has 4 heteroatoms. The Kier molecular flexibility index (Phi) is 3.01. The first-order chi connectivity index (χ1) is 7.72. The van der Waals surface area contributed by atoms with E-state index in [1.54, 1.807) is 18.2 Å². The number of aromatic nitrogens is 2. The molecule has 0 atom stereocenters. The lowest BCUT2D eigenvalue weighted by atomic mass is 10.2. The molecule has 2 aromatic rings. The van der Waals surface area contributed by atoms with Crippen molar-refractivity contribution in [3.8, 4) is 11.4 Å². The van der Waals surface area contributed by atoms with Crippen LogP contribution in [0.1, 0.15) is 5.69 Å². The van der Waals surface area contributed by atoms with Crippen molar-refractivity contribution in [2.75, 3.05) is 6.54 Å². The second-order valence-electron chi connectivity index (χ2n) is 3.69. The van der Waals surface area contributed by atoms with Crippen LogP contribution in [0.4, 0.5) is 4.39 Å². The molecule has 1 aromatic heterocycles. The monoisotopic (exact) mass is 219 g/mol. The Hall–Kier alpha value is -1.68. The van der Waals surface area contributed by atoms with E-state index in [1.165, 1.54) is 6.07 Å². The number of nitrogens with two attached hydrogens (primary N) is 1. The van der Waals surface area contributed by atoms with Crippen molar-refractivity contribution < 1.29 is 4.39 Å². The number of aryl methyl sites for hydroxylation is 1. The molecule has 0 aliphatic rings. The molecule has 1 heterocycles. The van der Waals surface area contributed by atoms with Gasteiger partial charge in [0.15, 0.2) is 0 Å². The number of halogens is 1. The smallest absolute Gasteiger partial charge is 0.142 e. The fourth-order valence-electron chi connectivity index (χ4n) is 1.69. The molecule has 0 aliphatic carbocycles. The lowest BCUT2D eigenvalue weighted by Gasteiger charge is -2.01. The number of imidazole rings is 1. The van der Waals surface area contributed by atoms with E-state index in [1.807, 2.05) is 17.8 Å². The van der Waals surface area contributed by atoms with E-state index in [-0.39, 0.29) is 5.82 Å². The lowest BCUT2D eigenvalue weighted by molar-refractivity contribution is 0.629. The third-order valence-corrected chi connectivity index (χ3v) is 2.44. The number of hydrogen-bond donors (Lipinski definition) is 1. The summed E-state index contributed by atoms with van der Waals surface area (Å²) in [6.45, 7) is 0.549. The molecule has 2 rings (SSSR count). The SMILES string of the molecule is Cn1cc(CCN)nc1-c1ccccc1F. The van der Waals surface area contributed by atoms with Crippen molar-refractivity contribution in [1.29, 1.82) is 0 Å². The Morgan fingerprint density at radius 1 is 1.38 bits per heavy atom. The highest BCUT2D eigenvalue weighted by Crippen LogP contribution is 2.21. The van der Waals surface area contributed by atoms with E-state index in [0.717, 1.165) is 5.69 Å². The molecule has 0 amide bonds. The van der Waals surface area contributed by atoms with Crippen molar-refractivity contribution >= 4 is 0 Å². The molecule has 16 heavy (non-hydrogen) atoms. The highest BCUT2D eigenvalue weighted by Gasteiger charge is 2.10. The summed E-state index contributed by atoms with van der Waals surface area (Å²) in [5.41, 5.74) is 6.88. The number of hydrogen-bond acceptors (Lipinski definition) is 2. The largest absolute Gasteiger partial charge is 0.334 e. The van der Waals surface area contributed by atoms with Gasteiger partial charge in [0.1, 0.15) is 11.6 Å². The Morgan fingerprint density at radius 2 is 2.12 bits per heavy atom. The van der Waals surface area contributed by atoms with E-state index >= 15 is 0 Å². The molecule has 0 spiro atoms. The van der Waals surface area contributed by atoms with Gasteiger partial charge in [0.2, 0.25) is 0 Å². The summed E-state index contributed by atoms with van der Waals surface area (Å²) < 4.78 is 15.4. The highest BCUT2D eigenvalue weighted by atomic mass is 19.1. The summed E-state index contributed by atoms with van der Waals surface area (Å²) in [5.74, 6) is 0.386. The molecule has 0 fully saturated rings. The van der Waals surface area contributed by atoms with E-state index in [0.29, 0.717) is 24.4 Å². The quantitative estimate of drug-likeness (QED) is 0.854. The fourth-order valence-corrected chi connectivity index (χ4v) is 1.69. The standard InChI is InChI=1S/C12H14FN3/c1-16-8-9(6-7-14)15-12(16)10-4-2-3-5-11(10)13/h2-5,8H,6-7,14H2,1H3. The van der Waals surface area contributed by atoms with Crippen LogP contribution in [-0.4, -0.2) is 16.1 Å². The minimum atomic E-state index is -0.254. The Morgan fingerprint density at radius 3 is 2.81 bits per heavy atom. The van der Waals surface area contributed by atoms with Crippen LogP contribution in [0, 0.1) is 5.82 Å². The highest BCUT2D eigenvalue weighted by molar-refractivity contribution is 5.56. The summed E-state index contributed by atoms with van der Waals surface area (Å²) in [4.78, 5) is 4.37. The fraction of sp³-hybridized carbons (Fsp3) is 0.250. The zero-order chi connectivity index (χ0) is 11.5. The van der Waals surface area contributed by atoms with Gasteiger partial charge in [-0.3, -0.25) is 0 Å². The Balaban J connectivity index is 2.44. The first-order valence-electron chi connectivity index (χ1n) is 5.19. The first kappa shape index (κ1) is 10.8. The summed E-state index contributed by atoms with van der Waals surface area (Å²) >= 11 is 0. The van der Waals surface area contributed by atoms with E-state index < -0.39 is 0 Å². The third-order valence-electron chi connectivity index (χ3n) is 2.44. The molecule has 0 unspecified atom stereocenters. The van der Waals surface area contributed by atoms with Gasteiger partial charge in [-0.25, -0.2) is 9.37 Å². The van der Waals surface area contributed by atoms with Crippen LogP contribution in [0.25, 0.3) is 11.4 Å². The minimum absolute atomic E-state index is 0.254. The zero-order valence-corrected chi connectivity index (χ0v) is 9.15. The molecule has 0 aliphatic heterocycles. The number of rotatable bonds is 3. The molecule has 0 saturated carbocycles. The van der Waals surface area contributed by atoms with Gasteiger partial charge in [-0.05, 0) is 18.7 Å². The van der Waals surface area contributed by atoms with Crippen molar-refractivity contribution in [3.05, 3.63) is 42.0 Å². The number of benzene rings is 1. The van der Waals surface area contributed by atoms with Crippen LogP contribution < -0.4 is 5.73 Å². The topological polar surface area (TPSA) is 43.8 Å². The van der Waals surface area contributed by atoms with Crippen LogP contribution in [0.3, 0.4) is 0 Å². The third kappa shape index (κ3) is 1.97. The molecule has 0 radical (unpaired) electrons. The molecule has 0 saturated heterocycles. The normalized spacial score (nSPS) is 10.7. The molecule has 2 N–H and O–H groups in total. The maximum atomic E-state index is 13.6. The predicted molar refractivity (Wildman–Crippen MR) is 61.4 cm³/mol. The van der Waals surface area contributed by atoms with E-state index in [2.05, 4.69) is 4.98 Å². The molecular formula is C12H14FN3. The summed E-state index contributed by atoms with van der Waals surface area (Å²) in [6.07, 6.45) is 2.59. The van der Waals surface area contributed by atoms with E-state index in [4.69, 9.17) is 5.73 Å². The Bertz CT molecular complexity index is 491. The van der Waals surface area contributed by atoms with Gasteiger partial charge in [-0.1, -0.05) is 12.1 Å². The second-order valence-corrected chi connectivity index (χ2v) is 3.69. The van der Waals surface area contributed by atoms with Crippen molar-refractivity contribution in [3.63, 3.8) is 0 Å². The molecule has 3 nitrogen and oxygen atoms in total. The van der Waals surface area contributed by atoms with Gasteiger partial charge < -0.3 is 10.3 Å². The average molecular weight is 219 g/mol. The maximum Gasteiger partial charge on any atom is 0.142 e. The van der Waals surface area contributed by atoms with Crippen LogP contribution >= 0.6 is 0 Å². The number of nitrogens with zero attached hydrogens (tertiary/aromatic N) is 2. The second kappa shape index (κ2) is 4.45. The minimum Gasteiger partial charge on any atom is -0.334 e. The average Bonchev–Trinajstić information content (AvgIpc) is 2.61. The molecular weight excluding hydrogens is 205 g/mol. The van der Waals surface area contributed by atoms with Gasteiger partial charge in [-0.15, -0.1) is 0 Å². The van der Waals surface area contributed by atoms with Crippen LogP contribution in [0.2, 0.25) is 0 Å². The van der Waals surface area contributed by atoms with Gasteiger partial charge in [0.25, 0.3) is 0 Å². The van der Waals surface area contributed by atoms with Crippen molar-refractivity contribution in [2.24, 2.45) is 12.8 Å². The van der Waals surface area contributed by atoms with Crippen LogP contribution in [0.15, 0.2) is 30.5 Å². The van der Waals surface area contributed by atoms with Crippen molar-refractivity contribution in [1.82, 2.24) is 9.55 Å². The van der Waals surface area contributed by atoms with Gasteiger partial charge in [-0.2, -0.15) is 0 Å².